The van der Waals surface area contributed by atoms with Crippen molar-refractivity contribution in [3.63, 3.8) is 0 Å². The Kier molecular flexibility index (Phi) is 5.03. The van der Waals surface area contributed by atoms with Gasteiger partial charge >= 0.3 is 0 Å². The second kappa shape index (κ2) is 6.55. The van der Waals surface area contributed by atoms with Crippen LogP contribution < -0.4 is 10.6 Å². The van der Waals surface area contributed by atoms with Gasteiger partial charge in [-0.1, -0.05) is 0 Å². The standard InChI is InChI=1S/C12H25N3O/c1-16-12-4-2-3-11(12)14-7-10-15-8-5-13-6-9-15/h11-14H,2-10H2,1H3. The Balaban J connectivity index is 1.59. The summed E-state index contributed by atoms with van der Waals surface area (Å²) in [5, 5.41) is 7.02. The van der Waals surface area contributed by atoms with Crippen LogP contribution in [0.15, 0.2) is 0 Å². The third-order valence-electron chi connectivity index (χ3n) is 3.80. The van der Waals surface area contributed by atoms with Gasteiger partial charge in [0.1, 0.15) is 0 Å². The summed E-state index contributed by atoms with van der Waals surface area (Å²) >= 11 is 0. The van der Waals surface area contributed by atoms with Crippen molar-refractivity contribution >= 4 is 0 Å². The molecule has 2 rings (SSSR count). The number of hydrogen-bond acceptors (Lipinski definition) is 4. The number of ether oxygens (including phenoxy) is 1. The highest BCUT2D eigenvalue weighted by atomic mass is 16.5. The first-order valence-corrected chi connectivity index (χ1v) is 6.59. The Bertz CT molecular complexity index is 195. The minimum Gasteiger partial charge on any atom is -0.380 e. The van der Waals surface area contributed by atoms with E-state index in [0.29, 0.717) is 12.1 Å². The number of nitrogens with zero attached hydrogens (tertiary/aromatic N) is 1. The van der Waals surface area contributed by atoms with Gasteiger partial charge < -0.3 is 15.4 Å². The Morgan fingerprint density at radius 3 is 2.88 bits per heavy atom. The van der Waals surface area contributed by atoms with Gasteiger partial charge in [0.15, 0.2) is 0 Å². The van der Waals surface area contributed by atoms with Crippen molar-refractivity contribution in [1.82, 2.24) is 15.5 Å². The molecule has 0 aromatic rings. The highest BCUT2D eigenvalue weighted by Crippen LogP contribution is 2.21. The van der Waals surface area contributed by atoms with E-state index >= 15 is 0 Å². The number of piperazine rings is 1. The Morgan fingerprint density at radius 1 is 1.31 bits per heavy atom. The first-order chi connectivity index (χ1) is 7.90. The molecule has 2 unspecified atom stereocenters. The maximum atomic E-state index is 5.48. The maximum absolute atomic E-state index is 5.48. The average Bonchev–Trinajstić information content (AvgIpc) is 2.78. The van der Waals surface area contributed by atoms with Gasteiger partial charge in [0, 0.05) is 52.4 Å². The monoisotopic (exact) mass is 227 g/mol. The fourth-order valence-electron chi connectivity index (χ4n) is 2.78. The van der Waals surface area contributed by atoms with E-state index in [0.717, 1.165) is 19.6 Å². The average molecular weight is 227 g/mol. The zero-order chi connectivity index (χ0) is 11.2. The van der Waals surface area contributed by atoms with Gasteiger partial charge in [-0.2, -0.15) is 0 Å². The van der Waals surface area contributed by atoms with Gasteiger partial charge in [-0.25, -0.2) is 0 Å². The molecule has 1 saturated carbocycles. The van der Waals surface area contributed by atoms with Gasteiger partial charge in [0.2, 0.25) is 0 Å². The Labute approximate surface area is 98.7 Å². The lowest BCUT2D eigenvalue weighted by Gasteiger charge is -2.28. The lowest BCUT2D eigenvalue weighted by Crippen LogP contribution is -2.47. The van der Waals surface area contributed by atoms with E-state index in [9.17, 15) is 0 Å². The highest BCUT2D eigenvalue weighted by Gasteiger charge is 2.26. The fraction of sp³-hybridized carbons (Fsp3) is 1.00. The van der Waals surface area contributed by atoms with E-state index < -0.39 is 0 Å². The summed E-state index contributed by atoms with van der Waals surface area (Å²) in [6, 6.07) is 0.591. The molecule has 1 saturated heterocycles. The molecular formula is C12H25N3O. The minimum absolute atomic E-state index is 0.447. The van der Waals surface area contributed by atoms with E-state index in [1.54, 1.807) is 0 Å². The molecule has 2 atom stereocenters. The minimum atomic E-state index is 0.447. The van der Waals surface area contributed by atoms with Gasteiger partial charge in [0.05, 0.1) is 6.10 Å². The van der Waals surface area contributed by atoms with Gasteiger partial charge in [-0.3, -0.25) is 4.90 Å². The van der Waals surface area contributed by atoms with Crippen LogP contribution in [-0.2, 0) is 4.74 Å². The van der Waals surface area contributed by atoms with Crippen LogP contribution in [0.25, 0.3) is 0 Å². The SMILES string of the molecule is COC1CCCC1NCCN1CCNCC1. The lowest BCUT2D eigenvalue weighted by molar-refractivity contribution is 0.0839. The van der Waals surface area contributed by atoms with E-state index in [4.69, 9.17) is 4.74 Å². The van der Waals surface area contributed by atoms with Gasteiger partial charge in [0.25, 0.3) is 0 Å². The molecule has 0 amide bonds. The van der Waals surface area contributed by atoms with E-state index in [-0.39, 0.29) is 0 Å². The molecule has 0 spiro atoms. The largest absolute Gasteiger partial charge is 0.380 e. The maximum Gasteiger partial charge on any atom is 0.0724 e. The smallest absolute Gasteiger partial charge is 0.0724 e. The number of hydrogen-bond donors (Lipinski definition) is 2. The zero-order valence-corrected chi connectivity index (χ0v) is 10.4. The summed E-state index contributed by atoms with van der Waals surface area (Å²) in [5.74, 6) is 0. The molecule has 94 valence electrons. The van der Waals surface area contributed by atoms with Crippen LogP contribution in [0.3, 0.4) is 0 Å². The van der Waals surface area contributed by atoms with Crippen LogP contribution in [0, 0.1) is 0 Å². The van der Waals surface area contributed by atoms with E-state index in [2.05, 4.69) is 15.5 Å². The molecule has 0 bridgehead atoms. The zero-order valence-electron chi connectivity index (χ0n) is 10.4. The van der Waals surface area contributed by atoms with Gasteiger partial charge in [-0.05, 0) is 19.3 Å². The third-order valence-corrected chi connectivity index (χ3v) is 3.80. The molecule has 1 heterocycles. The predicted molar refractivity (Wildman–Crippen MR) is 65.7 cm³/mol. The quantitative estimate of drug-likeness (QED) is 0.696. The van der Waals surface area contributed by atoms with Crippen molar-refractivity contribution < 1.29 is 4.74 Å². The summed E-state index contributed by atoms with van der Waals surface area (Å²) in [6.07, 6.45) is 4.26. The van der Waals surface area contributed by atoms with Crippen molar-refractivity contribution in [2.75, 3.05) is 46.4 Å². The van der Waals surface area contributed by atoms with Crippen LogP contribution in [-0.4, -0.2) is 63.4 Å². The van der Waals surface area contributed by atoms with Crippen LogP contribution in [0.1, 0.15) is 19.3 Å². The Hall–Kier alpha value is -0.160. The van der Waals surface area contributed by atoms with Gasteiger partial charge in [-0.15, -0.1) is 0 Å². The molecule has 1 aliphatic heterocycles. The third kappa shape index (κ3) is 3.42. The van der Waals surface area contributed by atoms with Crippen molar-refractivity contribution in [3.8, 4) is 0 Å². The number of methoxy groups -OCH3 is 1. The van der Waals surface area contributed by atoms with Crippen LogP contribution in [0.4, 0.5) is 0 Å². The molecule has 0 aromatic carbocycles. The van der Waals surface area contributed by atoms with E-state index in [1.807, 2.05) is 7.11 Å². The second-order valence-electron chi connectivity index (χ2n) is 4.86. The van der Waals surface area contributed by atoms with Crippen LogP contribution >= 0.6 is 0 Å². The summed E-state index contributed by atoms with van der Waals surface area (Å²) in [7, 11) is 1.83. The van der Waals surface area contributed by atoms with Crippen LogP contribution in [0.2, 0.25) is 0 Å². The normalized spacial score (nSPS) is 32.1. The van der Waals surface area contributed by atoms with Crippen molar-refractivity contribution in [2.45, 2.75) is 31.4 Å². The topological polar surface area (TPSA) is 36.5 Å². The molecule has 1 aliphatic carbocycles. The number of rotatable bonds is 5. The first-order valence-electron chi connectivity index (χ1n) is 6.59. The summed E-state index contributed by atoms with van der Waals surface area (Å²) < 4.78 is 5.48. The van der Waals surface area contributed by atoms with Crippen molar-refractivity contribution in [2.24, 2.45) is 0 Å². The van der Waals surface area contributed by atoms with Crippen molar-refractivity contribution in [1.29, 1.82) is 0 Å². The fourth-order valence-corrected chi connectivity index (χ4v) is 2.78. The first kappa shape index (κ1) is 12.3. The summed E-state index contributed by atoms with van der Waals surface area (Å²) in [6.45, 7) is 6.95. The number of nitrogens with one attached hydrogen (secondary N) is 2. The molecule has 2 fully saturated rings. The lowest BCUT2D eigenvalue weighted by atomic mass is 10.2. The molecule has 4 nitrogen and oxygen atoms in total. The van der Waals surface area contributed by atoms with E-state index in [1.165, 1.54) is 38.9 Å². The summed E-state index contributed by atoms with van der Waals surface area (Å²) in [5.41, 5.74) is 0. The molecular weight excluding hydrogens is 202 g/mol. The highest BCUT2D eigenvalue weighted by molar-refractivity contribution is 4.84. The second-order valence-corrected chi connectivity index (χ2v) is 4.86. The Morgan fingerprint density at radius 2 is 2.12 bits per heavy atom. The van der Waals surface area contributed by atoms with Crippen LogP contribution in [0.5, 0.6) is 0 Å². The predicted octanol–water partition coefficient (Wildman–Crippen LogP) is 0.0487. The molecule has 16 heavy (non-hydrogen) atoms. The molecule has 0 aromatic heterocycles. The molecule has 2 N–H and O–H groups in total. The van der Waals surface area contributed by atoms with Crippen molar-refractivity contribution in [3.05, 3.63) is 0 Å². The molecule has 0 radical (unpaired) electrons. The summed E-state index contributed by atoms with van der Waals surface area (Å²) in [4.78, 5) is 2.53. The molecule has 2 aliphatic rings. The molecule has 4 heteroatoms.